The molecule has 38 heavy (non-hydrogen) atoms. The van der Waals surface area contributed by atoms with E-state index in [-0.39, 0.29) is 23.9 Å². The number of nitrogens with zero attached hydrogens (tertiary/aromatic N) is 3. The zero-order valence-corrected chi connectivity index (χ0v) is 22.0. The number of halogens is 2. The molecule has 196 valence electrons. The Bertz CT molecular complexity index is 1530. The summed E-state index contributed by atoms with van der Waals surface area (Å²) in [5.74, 6) is 1.34. The fraction of sp³-hybridized carbons (Fsp3) is 0.300. The summed E-state index contributed by atoms with van der Waals surface area (Å²) in [5, 5.41) is 5.45. The van der Waals surface area contributed by atoms with E-state index in [4.69, 9.17) is 26.1 Å². The van der Waals surface area contributed by atoms with Crippen LogP contribution >= 0.6 is 11.6 Å². The van der Waals surface area contributed by atoms with Crippen LogP contribution in [0.2, 0.25) is 5.02 Å². The molecule has 0 aliphatic heterocycles. The Morgan fingerprint density at radius 1 is 1.08 bits per heavy atom. The van der Waals surface area contributed by atoms with Crippen molar-refractivity contribution in [2.24, 2.45) is 5.10 Å². The van der Waals surface area contributed by atoms with E-state index in [0.29, 0.717) is 51.0 Å². The van der Waals surface area contributed by atoms with Crippen LogP contribution < -0.4 is 15.0 Å². The molecule has 5 rings (SSSR count). The quantitative estimate of drug-likeness (QED) is 0.227. The van der Waals surface area contributed by atoms with Gasteiger partial charge in [0, 0.05) is 5.92 Å². The summed E-state index contributed by atoms with van der Waals surface area (Å²) in [6.45, 7) is 2.39. The topological polar surface area (TPSA) is 65.7 Å². The first-order valence-corrected chi connectivity index (χ1v) is 13.3. The molecule has 1 heterocycles. The molecule has 1 saturated carbocycles. The average molecular weight is 534 g/mol. The SMILES string of the molecule is CCOc1cc(C=Nn2c(C3CCCCC3)nc3ccccc3c2=O)cc(Cl)c1OCc1cccc(F)c1. The molecule has 0 saturated heterocycles. The second kappa shape index (κ2) is 11.8. The number of aromatic nitrogens is 2. The number of fused-ring (bicyclic) bond motifs is 1. The van der Waals surface area contributed by atoms with Crippen molar-refractivity contribution < 1.29 is 13.9 Å². The molecular weight excluding hydrogens is 505 g/mol. The minimum Gasteiger partial charge on any atom is -0.490 e. The second-order valence-corrected chi connectivity index (χ2v) is 9.77. The molecule has 0 bridgehead atoms. The summed E-state index contributed by atoms with van der Waals surface area (Å²) in [6.07, 6.45) is 6.98. The molecule has 1 aliphatic rings. The molecule has 0 atom stereocenters. The molecule has 4 aromatic rings. The number of hydrogen-bond donors (Lipinski definition) is 0. The Morgan fingerprint density at radius 3 is 2.68 bits per heavy atom. The highest BCUT2D eigenvalue weighted by Crippen LogP contribution is 2.37. The third kappa shape index (κ3) is 5.73. The van der Waals surface area contributed by atoms with E-state index >= 15 is 0 Å². The first-order chi connectivity index (χ1) is 18.5. The monoisotopic (exact) mass is 533 g/mol. The molecule has 0 spiro atoms. The highest BCUT2D eigenvalue weighted by atomic mass is 35.5. The molecule has 3 aromatic carbocycles. The van der Waals surface area contributed by atoms with Crippen molar-refractivity contribution in [1.82, 2.24) is 9.66 Å². The van der Waals surface area contributed by atoms with Gasteiger partial charge in [0.1, 0.15) is 18.2 Å². The van der Waals surface area contributed by atoms with Crippen LogP contribution in [-0.4, -0.2) is 22.5 Å². The Kier molecular flexibility index (Phi) is 8.03. The second-order valence-electron chi connectivity index (χ2n) is 9.37. The number of para-hydroxylation sites is 1. The summed E-state index contributed by atoms with van der Waals surface area (Å²) >= 11 is 6.59. The maximum atomic E-state index is 13.6. The van der Waals surface area contributed by atoms with Gasteiger partial charge in [0.2, 0.25) is 0 Å². The summed E-state index contributed by atoms with van der Waals surface area (Å²) in [6, 6.07) is 17.0. The third-order valence-electron chi connectivity index (χ3n) is 6.68. The summed E-state index contributed by atoms with van der Waals surface area (Å²) in [7, 11) is 0. The third-order valence-corrected chi connectivity index (χ3v) is 6.96. The minimum atomic E-state index is -0.334. The van der Waals surface area contributed by atoms with Gasteiger partial charge in [-0.2, -0.15) is 9.78 Å². The molecule has 0 radical (unpaired) electrons. The Labute approximate surface area is 225 Å². The molecule has 1 aromatic heterocycles. The van der Waals surface area contributed by atoms with Crippen molar-refractivity contribution in [1.29, 1.82) is 0 Å². The fourth-order valence-electron chi connectivity index (χ4n) is 4.85. The summed E-state index contributed by atoms with van der Waals surface area (Å²) in [4.78, 5) is 18.3. The van der Waals surface area contributed by atoms with E-state index in [2.05, 4.69) is 5.10 Å². The maximum absolute atomic E-state index is 13.6. The Hall–Kier alpha value is -3.71. The van der Waals surface area contributed by atoms with Crippen molar-refractivity contribution >= 4 is 28.7 Å². The van der Waals surface area contributed by atoms with E-state index in [0.717, 1.165) is 25.7 Å². The van der Waals surface area contributed by atoms with Crippen LogP contribution in [0.25, 0.3) is 10.9 Å². The standard InChI is InChI=1S/C30H29ClFN3O3/c1-2-37-27-17-21(16-25(31)28(27)38-19-20-9-8-12-23(32)15-20)18-33-35-29(22-10-4-3-5-11-22)34-26-14-7-6-13-24(26)30(35)36/h6-9,12-18,22H,2-5,10-11,19H2,1H3. The van der Waals surface area contributed by atoms with Crippen molar-refractivity contribution in [3.63, 3.8) is 0 Å². The van der Waals surface area contributed by atoms with Gasteiger partial charge in [-0.25, -0.2) is 9.37 Å². The molecule has 1 fully saturated rings. The van der Waals surface area contributed by atoms with Gasteiger partial charge < -0.3 is 9.47 Å². The molecule has 1 aliphatic carbocycles. The largest absolute Gasteiger partial charge is 0.490 e. The maximum Gasteiger partial charge on any atom is 0.282 e. The molecule has 8 heteroatoms. The van der Waals surface area contributed by atoms with Gasteiger partial charge >= 0.3 is 0 Å². The van der Waals surface area contributed by atoms with Gasteiger partial charge in [0.05, 0.1) is 28.7 Å². The van der Waals surface area contributed by atoms with Gasteiger partial charge in [-0.15, -0.1) is 0 Å². The smallest absolute Gasteiger partial charge is 0.282 e. The number of benzene rings is 3. The van der Waals surface area contributed by atoms with Crippen molar-refractivity contribution in [2.45, 2.75) is 51.6 Å². The zero-order chi connectivity index (χ0) is 26.5. The van der Waals surface area contributed by atoms with Gasteiger partial charge in [-0.3, -0.25) is 4.79 Å². The molecule has 0 amide bonds. The predicted molar refractivity (Wildman–Crippen MR) is 148 cm³/mol. The summed E-state index contributed by atoms with van der Waals surface area (Å²) < 4.78 is 26.7. The van der Waals surface area contributed by atoms with E-state index in [1.165, 1.54) is 23.2 Å². The van der Waals surface area contributed by atoms with Crippen molar-refractivity contribution in [3.8, 4) is 11.5 Å². The van der Waals surface area contributed by atoms with Crippen LogP contribution in [0.4, 0.5) is 4.39 Å². The van der Waals surface area contributed by atoms with Gasteiger partial charge in [0.15, 0.2) is 11.5 Å². The lowest BCUT2D eigenvalue weighted by Crippen LogP contribution is -2.25. The lowest BCUT2D eigenvalue weighted by Gasteiger charge is -2.22. The van der Waals surface area contributed by atoms with Crippen molar-refractivity contribution in [2.75, 3.05) is 6.61 Å². The molecule has 0 N–H and O–H groups in total. The highest BCUT2D eigenvalue weighted by molar-refractivity contribution is 6.32. The van der Waals surface area contributed by atoms with Crippen LogP contribution in [0.15, 0.2) is 70.6 Å². The molecule has 6 nitrogen and oxygen atoms in total. The Balaban J connectivity index is 1.49. The van der Waals surface area contributed by atoms with E-state index in [9.17, 15) is 9.18 Å². The zero-order valence-electron chi connectivity index (χ0n) is 21.2. The molecular formula is C30H29ClFN3O3. The molecule has 0 unspecified atom stereocenters. The Morgan fingerprint density at radius 2 is 1.89 bits per heavy atom. The first kappa shape index (κ1) is 25.9. The van der Waals surface area contributed by atoms with Crippen LogP contribution in [0.1, 0.15) is 61.9 Å². The van der Waals surface area contributed by atoms with Gasteiger partial charge in [0.25, 0.3) is 5.56 Å². The number of hydrogen-bond acceptors (Lipinski definition) is 5. The van der Waals surface area contributed by atoms with Gasteiger partial charge in [-0.1, -0.05) is 55.1 Å². The first-order valence-electron chi connectivity index (χ1n) is 12.9. The normalized spacial score (nSPS) is 14.3. The van der Waals surface area contributed by atoms with Crippen LogP contribution in [-0.2, 0) is 6.61 Å². The fourth-order valence-corrected chi connectivity index (χ4v) is 5.12. The number of rotatable bonds is 8. The van der Waals surface area contributed by atoms with E-state index < -0.39 is 0 Å². The average Bonchev–Trinajstić information content (AvgIpc) is 2.93. The lowest BCUT2D eigenvalue weighted by atomic mass is 9.88. The highest BCUT2D eigenvalue weighted by Gasteiger charge is 2.22. The van der Waals surface area contributed by atoms with E-state index in [1.807, 2.05) is 25.1 Å². The predicted octanol–water partition coefficient (Wildman–Crippen LogP) is 7.10. The summed E-state index contributed by atoms with van der Waals surface area (Å²) in [5.41, 5.74) is 1.81. The van der Waals surface area contributed by atoms with Crippen molar-refractivity contribution in [3.05, 3.63) is 98.8 Å². The van der Waals surface area contributed by atoms with Crippen LogP contribution in [0, 0.1) is 5.82 Å². The minimum absolute atomic E-state index is 0.133. The van der Waals surface area contributed by atoms with E-state index in [1.54, 1.807) is 36.5 Å². The van der Waals surface area contributed by atoms with Crippen LogP contribution in [0.3, 0.4) is 0 Å². The van der Waals surface area contributed by atoms with Gasteiger partial charge in [-0.05, 0) is 67.3 Å². The lowest BCUT2D eigenvalue weighted by molar-refractivity contribution is 0.269. The number of ether oxygens (including phenoxy) is 2. The van der Waals surface area contributed by atoms with Crippen LogP contribution in [0.5, 0.6) is 11.5 Å².